The van der Waals surface area contributed by atoms with Crippen LogP contribution in [0.2, 0.25) is 0 Å². The summed E-state index contributed by atoms with van der Waals surface area (Å²) in [6.07, 6.45) is 1.43. The van der Waals surface area contributed by atoms with Gasteiger partial charge in [0, 0.05) is 17.7 Å². The van der Waals surface area contributed by atoms with Crippen LogP contribution in [-0.2, 0) is 7.05 Å². The average molecular weight is 312 g/mol. The van der Waals surface area contributed by atoms with E-state index >= 15 is 0 Å². The molecule has 0 amide bonds. The number of hydrogen-bond donors (Lipinski definition) is 2. The molecular formula is C14H12N6O3. The molecule has 0 fully saturated rings. The molecule has 9 nitrogen and oxygen atoms in total. The summed E-state index contributed by atoms with van der Waals surface area (Å²) >= 11 is 0. The van der Waals surface area contributed by atoms with Gasteiger partial charge in [0.05, 0.1) is 6.21 Å². The fraction of sp³-hybridized carbons (Fsp3) is 0.0714. The number of nitrogens with one attached hydrogen (secondary N) is 1. The van der Waals surface area contributed by atoms with E-state index in [1.165, 1.54) is 17.9 Å². The SMILES string of the molecule is Cn1nc([N+](=O)[O-])nc1N/N=C\c1c(O)ccc2ccccc12. The molecule has 0 spiro atoms. The van der Waals surface area contributed by atoms with Crippen LogP contribution in [-0.4, -0.2) is 31.0 Å². The summed E-state index contributed by atoms with van der Waals surface area (Å²) < 4.78 is 1.21. The molecule has 0 aliphatic heterocycles. The molecule has 0 saturated heterocycles. The number of fused-ring (bicyclic) bond motifs is 1. The summed E-state index contributed by atoms with van der Waals surface area (Å²) in [6, 6.07) is 10.9. The highest BCUT2D eigenvalue weighted by atomic mass is 16.6. The van der Waals surface area contributed by atoms with E-state index in [0.717, 1.165) is 10.8 Å². The average Bonchev–Trinajstić information content (AvgIpc) is 2.91. The van der Waals surface area contributed by atoms with Crippen molar-refractivity contribution in [3.8, 4) is 5.75 Å². The van der Waals surface area contributed by atoms with E-state index in [-0.39, 0.29) is 11.7 Å². The molecule has 3 rings (SSSR count). The predicted molar refractivity (Wildman–Crippen MR) is 84.5 cm³/mol. The van der Waals surface area contributed by atoms with Crippen molar-refractivity contribution in [1.29, 1.82) is 0 Å². The zero-order chi connectivity index (χ0) is 16.4. The number of rotatable bonds is 4. The number of nitro groups is 1. The third-order valence-electron chi connectivity index (χ3n) is 3.22. The van der Waals surface area contributed by atoms with Crippen LogP contribution in [0, 0.1) is 10.1 Å². The van der Waals surface area contributed by atoms with Crippen molar-refractivity contribution in [1.82, 2.24) is 14.8 Å². The minimum absolute atomic E-state index is 0.0817. The van der Waals surface area contributed by atoms with Gasteiger partial charge >= 0.3 is 11.9 Å². The van der Waals surface area contributed by atoms with Crippen LogP contribution in [0.25, 0.3) is 10.8 Å². The lowest BCUT2D eigenvalue weighted by Crippen LogP contribution is -2.00. The van der Waals surface area contributed by atoms with Crippen LogP contribution in [0.4, 0.5) is 11.9 Å². The number of anilines is 1. The second-order valence-corrected chi connectivity index (χ2v) is 4.71. The fourth-order valence-corrected chi connectivity index (χ4v) is 2.12. The highest BCUT2D eigenvalue weighted by Crippen LogP contribution is 2.25. The topological polar surface area (TPSA) is 118 Å². The molecule has 9 heteroatoms. The molecule has 0 radical (unpaired) electrons. The first-order valence-electron chi connectivity index (χ1n) is 6.61. The van der Waals surface area contributed by atoms with Gasteiger partial charge in [-0.15, -0.1) is 0 Å². The Kier molecular flexibility index (Phi) is 3.59. The first kappa shape index (κ1) is 14.4. The molecule has 0 aliphatic rings. The number of nitrogens with zero attached hydrogens (tertiary/aromatic N) is 5. The number of hydrogen-bond acceptors (Lipinski definition) is 7. The predicted octanol–water partition coefficient (Wildman–Crippen LogP) is 2.03. The number of benzene rings is 2. The zero-order valence-corrected chi connectivity index (χ0v) is 12.0. The molecule has 1 heterocycles. The number of hydrazone groups is 1. The third-order valence-corrected chi connectivity index (χ3v) is 3.22. The van der Waals surface area contributed by atoms with Crippen molar-refractivity contribution in [3.05, 3.63) is 52.1 Å². The van der Waals surface area contributed by atoms with Gasteiger partial charge < -0.3 is 15.2 Å². The fourth-order valence-electron chi connectivity index (χ4n) is 2.12. The maximum Gasteiger partial charge on any atom is 0.493 e. The summed E-state index contributed by atoms with van der Waals surface area (Å²) in [7, 11) is 1.51. The Balaban J connectivity index is 1.89. The minimum atomic E-state index is -0.689. The van der Waals surface area contributed by atoms with Gasteiger partial charge in [-0.25, -0.2) is 5.43 Å². The summed E-state index contributed by atoms with van der Waals surface area (Å²) in [6.45, 7) is 0. The van der Waals surface area contributed by atoms with Crippen molar-refractivity contribution < 1.29 is 10.0 Å². The van der Waals surface area contributed by atoms with Crippen LogP contribution < -0.4 is 5.43 Å². The van der Waals surface area contributed by atoms with Gasteiger partial charge in [0.2, 0.25) is 0 Å². The largest absolute Gasteiger partial charge is 0.507 e. The summed E-state index contributed by atoms with van der Waals surface area (Å²) in [5.74, 6) is -0.316. The van der Waals surface area contributed by atoms with Crippen LogP contribution >= 0.6 is 0 Å². The molecular weight excluding hydrogens is 300 g/mol. The van der Waals surface area contributed by atoms with E-state index in [4.69, 9.17) is 0 Å². The van der Waals surface area contributed by atoms with E-state index in [1.54, 1.807) is 6.07 Å². The number of aromatic hydroxyl groups is 1. The Bertz CT molecular complexity index is 918. The van der Waals surface area contributed by atoms with E-state index in [1.807, 2.05) is 30.3 Å². The zero-order valence-electron chi connectivity index (χ0n) is 12.0. The standard InChI is InChI=1S/C14H12N6O3/c1-19-13(16-14(18-19)20(22)23)17-15-8-11-10-5-3-2-4-9(10)6-7-12(11)21/h2-8,21H,1H3,(H,16,17,18)/b15-8-. The Labute approximate surface area is 130 Å². The molecule has 23 heavy (non-hydrogen) atoms. The number of aromatic nitrogens is 3. The summed E-state index contributed by atoms with van der Waals surface area (Å²) in [5.41, 5.74) is 3.11. The second kappa shape index (κ2) is 5.72. The van der Waals surface area contributed by atoms with Crippen molar-refractivity contribution in [2.75, 3.05) is 5.43 Å². The van der Waals surface area contributed by atoms with Crippen LogP contribution in [0.3, 0.4) is 0 Å². The van der Waals surface area contributed by atoms with Gasteiger partial charge in [0.1, 0.15) is 5.75 Å². The highest BCUT2D eigenvalue weighted by Gasteiger charge is 2.18. The van der Waals surface area contributed by atoms with Gasteiger partial charge in [-0.05, 0) is 26.7 Å². The first-order valence-corrected chi connectivity index (χ1v) is 6.61. The molecule has 0 aliphatic carbocycles. The molecule has 0 unspecified atom stereocenters. The second-order valence-electron chi connectivity index (χ2n) is 4.71. The number of phenols is 1. The summed E-state index contributed by atoms with van der Waals surface area (Å²) in [4.78, 5) is 13.6. The Morgan fingerprint density at radius 2 is 2.13 bits per heavy atom. The number of aryl methyl sites for hydroxylation is 1. The van der Waals surface area contributed by atoms with Crippen molar-refractivity contribution in [2.45, 2.75) is 0 Å². The maximum absolute atomic E-state index is 10.6. The van der Waals surface area contributed by atoms with E-state index in [2.05, 4.69) is 20.6 Å². The van der Waals surface area contributed by atoms with Crippen LogP contribution in [0.15, 0.2) is 41.5 Å². The summed E-state index contributed by atoms with van der Waals surface area (Å²) in [5, 5.41) is 30.0. The van der Waals surface area contributed by atoms with Gasteiger partial charge in [0.15, 0.2) is 0 Å². The number of phenolic OH excluding ortho intramolecular Hbond substituents is 1. The van der Waals surface area contributed by atoms with Crippen LogP contribution in [0.1, 0.15) is 5.56 Å². The van der Waals surface area contributed by atoms with E-state index in [0.29, 0.717) is 5.56 Å². The highest BCUT2D eigenvalue weighted by molar-refractivity contribution is 6.02. The van der Waals surface area contributed by atoms with Gasteiger partial charge in [-0.1, -0.05) is 30.3 Å². The molecule has 116 valence electrons. The molecule has 1 aromatic heterocycles. The van der Waals surface area contributed by atoms with Gasteiger partial charge in [-0.3, -0.25) is 0 Å². The lowest BCUT2D eigenvalue weighted by atomic mass is 10.0. The lowest BCUT2D eigenvalue weighted by Gasteiger charge is -2.04. The molecule has 2 N–H and O–H groups in total. The molecule has 2 aromatic carbocycles. The molecule has 0 bridgehead atoms. The normalized spacial score (nSPS) is 11.2. The molecule has 0 saturated carbocycles. The lowest BCUT2D eigenvalue weighted by molar-refractivity contribution is -0.394. The van der Waals surface area contributed by atoms with Crippen molar-refractivity contribution in [2.24, 2.45) is 12.1 Å². The Hall–Kier alpha value is -3.49. The maximum atomic E-state index is 10.6. The van der Waals surface area contributed by atoms with Crippen molar-refractivity contribution >= 4 is 28.9 Å². The van der Waals surface area contributed by atoms with Gasteiger partial charge in [-0.2, -0.15) is 9.78 Å². The van der Waals surface area contributed by atoms with Gasteiger partial charge in [0.25, 0.3) is 0 Å². The Morgan fingerprint density at radius 1 is 1.35 bits per heavy atom. The smallest absolute Gasteiger partial charge is 0.493 e. The van der Waals surface area contributed by atoms with E-state index < -0.39 is 10.9 Å². The quantitative estimate of drug-likeness (QED) is 0.432. The van der Waals surface area contributed by atoms with Crippen LogP contribution in [0.5, 0.6) is 5.75 Å². The van der Waals surface area contributed by atoms with E-state index in [9.17, 15) is 15.2 Å². The monoisotopic (exact) mass is 312 g/mol. The molecule has 0 atom stereocenters. The molecule has 3 aromatic rings. The first-order chi connectivity index (χ1) is 11.1. The van der Waals surface area contributed by atoms with Crippen molar-refractivity contribution in [3.63, 3.8) is 0 Å². The third kappa shape index (κ3) is 2.79. The Morgan fingerprint density at radius 3 is 2.87 bits per heavy atom. The minimum Gasteiger partial charge on any atom is -0.507 e.